The molecule has 0 aliphatic rings. The van der Waals surface area contributed by atoms with Crippen molar-refractivity contribution in [1.29, 1.82) is 0 Å². The summed E-state index contributed by atoms with van der Waals surface area (Å²) >= 11 is 0. The van der Waals surface area contributed by atoms with Crippen LogP contribution < -0.4 is 20.1 Å². The molecule has 3 heterocycles. The number of hydrogen-bond donors (Lipinski definition) is 2. The molecule has 0 saturated carbocycles. The highest BCUT2D eigenvalue weighted by atomic mass is 32.2. The van der Waals surface area contributed by atoms with Crippen molar-refractivity contribution in [1.82, 2.24) is 19.7 Å². The van der Waals surface area contributed by atoms with Gasteiger partial charge in [0.2, 0.25) is 5.88 Å². The van der Waals surface area contributed by atoms with E-state index in [0.29, 0.717) is 23.0 Å². The number of aromatic nitrogens is 3. The van der Waals surface area contributed by atoms with Gasteiger partial charge in [0.1, 0.15) is 11.6 Å². The molecule has 198 valence electrons. The Labute approximate surface area is 218 Å². The number of carbonyl (C=O) groups is 1. The van der Waals surface area contributed by atoms with Gasteiger partial charge in [0.15, 0.2) is 5.03 Å². The van der Waals surface area contributed by atoms with E-state index in [2.05, 4.69) is 47.3 Å². The monoisotopic (exact) mass is 526 g/mol. The van der Waals surface area contributed by atoms with Crippen molar-refractivity contribution in [3.8, 4) is 17.1 Å². The summed E-state index contributed by atoms with van der Waals surface area (Å²) in [6.07, 6.45) is 2.39. The number of sulfonamides is 1. The van der Waals surface area contributed by atoms with Gasteiger partial charge in [-0.05, 0) is 71.4 Å². The van der Waals surface area contributed by atoms with E-state index in [9.17, 15) is 13.2 Å². The number of carbonyl (C=O) groups excluding carboxylic acids is 1. The first kappa shape index (κ1) is 27.9. The van der Waals surface area contributed by atoms with Crippen LogP contribution in [0.15, 0.2) is 53.7 Å². The first-order valence-electron chi connectivity index (χ1n) is 12.0. The lowest BCUT2D eigenvalue weighted by atomic mass is 10.0. The summed E-state index contributed by atoms with van der Waals surface area (Å²) in [5, 5.41) is -0.356. The Morgan fingerprint density at radius 1 is 1.11 bits per heavy atom. The molecule has 0 radical (unpaired) electrons. The van der Waals surface area contributed by atoms with Gasteiger partial charge in [-0.2, -0.15) is 8.42 Å². The van der Waals surface area contributed by atoms with E-state index in [0.717, 1.165) is 13.0 Å². The second-order valence-corrected chi connectivity index (χ2v) is 11.4. The highest BCUT2D eigenvalue weighted by Gasteiger charge is 2.27. The van der Waals surface area contributed by atoms with Gasteiger partial charge >= 0.3 is 0 Å². The Morgan fingerprint density at radius 3 is 2.41 bits per heavy atom. The normalized spacial score (nSPS) is 11.9. The summed E-state index contributed by atoms with van der Waals surface area (Å²) in [7, 11) is -4.27. The molecule has 0 aromatic carbocycles. The lowest BCUT2D eigenvalue weighted by Gasteiger charge is -2.37. The second-order valence-electron chi connectivity index (χ2n) is 9.78. The largest absolute Gasteiger partial charge is 0.475 e. The Bertz CT molecular complexity index is 1350. The van der Waals surface area contributed by atoms with Crippen molar-refractivity contribution >= 4 is 27.6 Å². The van der Waals surface area contributed by atoms with Crippen molar-refractivity contribution in [3.05, 3.63) is 54.2 Å². The number of hydrogen-bond acceptors (Lipinski definition) is 9. The van der Waals surface area contributed by atoms with Crippen LogP contribution in [-0.2, 0) is 10.0 Å². The molecule has 0 aliphatic carbocycles. The zero-order valence-electron chi connectivity index (χ0n) is 22.0. The Kier molecular flexibility index (Phi) is 8.37. The van der Waals surface area contributed by atoms with Gasteiger partial charge in [-0.3, -0.25) is 4.79 Å². The van der Waals surface area contributed by atoms with Gasteiger partial charge in [-0.1, -0.05) is 13.0 Å². The molecular weight excluding hydrogens is 492 g/mol. The number of anilines is 2. The van der Waals surface area contributed by atoms with Gasteiger partial charge in [-0.25, -0.2) is 19.7 Å². The first-order valence-corrected chi connectivity index (χ1v) is 13.5. The number of nitrogens with one attached hydrogen (secondary N) is 1. The van der Waals surface area contributed by atoms with Gasteiger partial charge < -0.3 is 15.4 Å². The molecule has 0 fully saturated rings. The molecule has 3 N–H and O–H groups in total. The molecule has 10 nitrogen and oxygen atoms in total. The number of ether oxygens (including phenoxy) is 1. The fourth-order valence-corrected chi connectivity index (χ4v) is 4.60. The van der Waals surface area contributed by atoms with Crippen LogP contribution in [0.25, 0.3) is 11.3 Å². The molecule has 3 rings (SSSR count). The third-order valence-electron chi connectivity index (χ3n) is 5.27. The predicted octanol–water partition coefficient (Wildman–Crippen LogP) is 4.04. The standard InChI is InChI=1S/C26H34N6O4S/c1-7-15-32(26(4,5)6)21-13-12-19(24(30-21)18-11-14-22(28-16-18)36-17(2)3)25(33)31-37(34,35)23-10-8-9-20(27)29-23/h8-14,16-17H,7,15H2,1-6H3,(H2,27,29)(H,31,33). The van der Waals surface area contributed by atoms with Crippen molar-refractivity contribution in [2.24, 2.45) is 0 Å². The molecule has 0 atom stereocenters. The second kappa shape index (κ2) is 11.1. The van der Waals surface area contributed by atoms with Crippen LogP contribution >= 0.6 is 0 Å². The van der Waals surface area contributed by atoms with Crippen LogP contribution in [0.1, 0.15) is 58.3 Å². The Balaban J connectivity index is 2.08. The van der Waals surface area contributed by atoms with Crippen LogP contribution in [0.3, 0.4) is 0 Å². The van der Waals surface area contributed by atoms with Gasteiger partial charge in [0.05, 0.1) is 17.4 Å². The first-order chi connectivity index (χ1) is 17.3. The average Bonchev–Trinajstić information content (AvgIpc) is 2.81. The summed E-state index contributed by atoms with van der Waals surface area (Å²) in [5.74, 6) is 0.260. The Morgan fingerprint density at radius 2 is 1.84 bits per heavy atom. The average molecular weight is 527 g/mol. The number of nitrogen functional groups attached to an aromatic ring is 1. The van der Waals surface area contributed by atoms with E-state index >= 15 is 0 Å². The SMILES string of the molecule is CCCN(c1ccc(C(=O)NS(=O)(=O)c2cccc(N)n2)c(-c2ccc(OC(C)C)nc2)n1)C(C)(C)C. The predicted molar refractivity (Wildman–Crippen MR) is 144 cm³/mol. The molecule has 0 spiro atoms. The summed E-state index contributed by atoms with van der Waals surface area (Å²) < 4.78 is 33.4. The maximum atomic E-state index is 13.3. The van der Waals surface area contributed by atoms with Gasteiger partial charge in [0.25, 0.3) is 15.9 Å². The maximum Gasteiger partial charge on any atom is 0.281 e. The lowest BCUT2D eigenvalue weighted by molar-refractivity contribution is 0.0981. The minimum atomic E-state index is -4.27. The van der Waals surface area contributed by atoms with Crippen molar-refractivity contribution in [2.75, 3.05) is 17.2 Å². The molecule has 3 aromatic rings. The smallest absolute Gasteiger partial charge is 0.281 e. The number of pyridine rings is 3. The van der Waals surface area contributed by atoms with Crippen LogP contribution in [-0.4, -0.2) is 47.5 Å². The molecule has 0 aliphatic heterocycles. The third kappa shape index (κ3) is 6.94. The number of amides is 1. The van der Waals surface area contributed by atoms with Gasteiger partial charge in [0, 0.05) is 29.9 Å². The fraction of sp³-hybridized carbons (Fsp3) is 0.385. The molecular formula is C26H34N6O4S. The minimum Gasteiger partial charge on any atom is -0.475 e. The van der Waals surface area contributed by atoms with E-state index in [1.54, 1.807) is 30.5 Å². The third-order valence-corrected chi connectivity index (χ3v) is 6.50. The summed E-state index contributed by atoms with van der Waals surface area (Å²) in [5.41, 5.74) is 6.28. The molecule has 3 aromatic heterocycles. The number of rotatable bonds is 9. The van der Waals surface area contributed by atoms with E-state index in [1.165, 1.54) is 18.2 Å². The summed E-state index contributed by atoms with van der Waals surface area (Å²) in [6, 6.07) is 10.9. The van der Waals surface area contributed by atoms with Crippen molar-refractivity contribution in [2.45, 2.75) is 64.6 Å². The van der Waals surface area contributed by atoms with E-state index in [1.807, 2.05) is 13.8 Å². The Hall–Kier alpha value is -3.73. The van der Waals surface area contributed by atoms with E-state index in [4.69, 9.17) is 15.5 Å². The molecule has 11 heteroatoms. The zero-order valence-corrected chi connectivity index (χ0v) is 22.8. The topological polar surface area (TPSA) is 140 Å². The van der Waals surface area contributed by atoms with E-state index in [-0.39, 0.29) is 28.1 Å². The molecule has 0 unspecified atom stereocenters. The number of nitrogens with two attached hydrogens (primary N) is 1. The molecule has 1 amide bonds. The van der Waals surface area contributed by atoms with Gasteiger partial charge in [-0.15, -0.1) is 0 Å². The quantitative estimate of drug-likeness (QED) is 0.422. The summed E-state index contributed by atoms with van der Waals surface area (Å²) in [4.78, 5) is 28.4. The lowest BCUT2D eigenvalue weighted by Crippen LogP contribution is -2.42. The maximum absolute atomic E-state index is 13.3. The van der Waals surface area contributed by atoms with Crippen LogP contribution in [0.5, 0.6) is 5.88 Å². The minimum absolute atomic E-state index is 0.0232. The fourth-order valence-electron chi connectivity index (χ4n) is 3.66. The van der Waals surface area contributed by atoms with Crippen LogP contribution in [0.2, 0.25) is 0 Å². The van der Waals surface area contributed by atoms with Crippen LogP contribution in [0.4, 0.5) is 11.6 Å². The summed E-state index contributed by atoms with van der Waals surface area (Å²) in [6.45, 7) is 12.9. The zero-order chi connectivity index (χ0) is 27.4. The highest BCUT2D eigenvalue weighted by Crippen LogP contribution is 2.29. The molecule has 0 saturated heterocycles. The number of nitrogens with zero attached hydrogens (tertiary/aromatic N) is 4. The molecule has 37 heavy (non-hydrogen) atoms. The van der Waals surface area contributed by atoms with Crippen molar-refractivity contribution < 1.29 is 17.9 Å². The molecule has 0 bridgehead atoms. The van der Waals surface area contributed by atoms with Crippen molar-refractivity contribution in [3.63, 3.8) is 0 Å². The van der Waals surface area contributed by atoms with E-state index < -0.39 is 15.9 Å². The highest BCUT2D eigenvalue weighted by molar-refractivity contribution is 7.90. The van der Waals surface area contributed by atoms with Crippen LogP contribution in [0, 0.1) is 0 Å².